The number of hydrogen-bond donors (Lipinski definition) is 0. The van der Waals surface area contributed by atoms with Crippen molar-refractivity contribution in [3.63, 3.8) is 0 Å². The van der Waals surface area contributed by atoms with Gasteiger partial charge >= 0.3 is 5.97 Å². The number of carbonyl (C=O) groups excluding carboxylic acids is 1. The lowest BCUT2D eigenvalue weighted by Gasteiger charge is -1.97. The topological polar surface area (TPSA) is 52.3 Å². The molecule has 2 heterocycles. The second-order valence-electron chi connectivity index (χ2n) is 4.08. The van der Waals surface area contributed by atoms with E-state index in [0.717, 1.165) is 22.0 Å². The minimum atomic E-state index is -0.368. The average Bonchev–Trinajstić information content (AvgIpc) is 2.77. The fourth-order valence-corrected chi connectivity index (χ4v) is 2.08. The Morgan fingerprint density at radius 3 is 2.89 bits per heavy atom. The van der Waals surface area contributed by atoms with Gasteiger partial charge in [0.25, 0.3) is 0 Å². The summed E-state index contributed by atoms with van der Waals surface area (Å²) >= 11 is 0. The van der Waals surface area contributed by atoms with Crippen LogP contribution in [0.5, 0.6) is 0 Å². The summed E-state index contributed by atoms with van der Waals surface area (Å²) in [5.41, 5.74) is 2.75. The van der Waals surface area contributed by atoms with Gasteiger partial charge in [-0.1, -0.05) is 0 Å². The van der Waals surface area contributed by atoms with Crippen LogP contribution in [0, 0.1) is 6.92 Å². The van der Waals surface area contributed by atoms with E-state index in [1.54, 1.807) is 18.3 Å². The van der Waals surface area contributed by atoms with Crippen LogP contribution in [0.1, 0.15) is 16.1 Å². The first-order valence-electron chi connectivity index (χ1n) is 5.57. The number of carbonyl (C=O) groups is 1. The molecular formula is C14H11NO3. The number of pyridine rings is 1. The molecule has 0 amide bonds. The van der Waals surface area contributed by atoms with E-state index in [9.17, 15) is 4.79 Å². The van der Waals surface area contributed by atoms with Crippen molar-refractivity contribution >= 4 is 27.9 Å². The summed E-state index contributed by atoms with van der Waals surface area (Å²) in [6, 6.07) is 7.21. The van der Waals surface area contributed by atoms with E-state index < -0.39 is 0 Å². The van der Waals surface area contributed by atoms with Gasteiger partial charge in [-0.2, -0.15) is 0 Å². The zero-order valence-corrected chi connectivity index (χ0v) is 10.1. The Morgan fingerprint density at radius 1 is 1.28 bits per heavy atom. The molecule has 4 nitrogen and oxygen atoms in total. The van der Waals surface area contributed by atoms with E-state index >= 15 is 0 Å². The number of fused-ring (bicyclic) bond motifs is 3. The molecule has 0 spiro atoms. The lowest BCUT2D eigenvalue weighted by molar-refractivity contribution is 0.0601. The van der Waals surface area contributed by atoms with Gasteiger partial charge in [0, 0.05) is 17.0 Å². The predicted molar refractivity (Wildman–Crippen MR) is 67.6 cm³/mol. The van der Waals surface area contributed by atoms with Gasteiger partial charge in [-0.05, 0) is 31.2 Å². The molecule has 0 bridgehead atoms. The molecule has 1 aromatic carbocycles. The predicted octanol–water partition coefficient (Wildman–Crippen LogP) is 3.08. The Labute approximate surface area is 103 Å². The monoisotopic (exact) mass is 241 g/mol. The van der Waals surface area contributed by atoms with Gasteiger partial charge in [-0.15, -0.1) is 0 Å². The molecule has 0 N–H and O–H groups in total. The number of benzene rings is 1. The summed E-state index contributed by atoms with van der Waals surface area (Å²) in [4.78, 5) is 15.7. The van der Waals surface area contributed by atoms with E-state index in [4.69, 9.17) is 9.15 Å². The van der Waals surface area contributed by atoms with Crippen molar-refractivity contribution in [3.8, 4) is 0 Å². The maximum atomic E-state index is 11.5. The van der Waals surface area contributed by atoms with Gasteiger partial charge in [-0.25, -0.2) is 4.79 Å². The van der Waals surface area contributed by atoms with Crippen molar-refractivity contribution in [1.82, 2.24) is 4.98 Å². The molecule has 0 radical (unpaired) electrons. The molecule has 2 aromatic heterocycles. The Hall–Kier alpha value is -2.36. The van der Waals surface area contributed by atoms with Crippen LogP contribution >= 0.6 is 0 Å². The number of hydrogen-bond acceptors (Lipinski definition) is 4. The van der Waals surface area contributed by atoms with Crippen molar-refractivity contribution in [2.45, 2.75) is 6.92 Å². The number of aromatic nitrogens is 1. The Morgan fingerprint density at radius 2 is 2.11 bits per heavy atom. The Balaban J connectivity index is 2.33. The third kappa shape index (κ3) is 1.46. The zero-order chi connectivity index (χ0) is 12.7. The maximum Gasteiger partial charge on any atom is 0.337 e. The zero-order valence-electron chi connectivity index (χ0n) is 10.1. The number of nitrogens with zero attached hydrogens (tertiary/aromatic N) is 1. The van der Waals surface area contributed by atoms with Crippen LogP contribution in [0.4, 0.5) is 0 Å². The molecule has 0 aliphatic rings. The highest BCUT2D eigenvalue weighted by atomic mass is 16.5. The summed E-state index contributed by atoms with van der Waals surface area (Å²) in [6.45, 7) is 1.89. The standard InChI is InChI=1S/C14H11NO3/c1-8-13-11(5-6-15-8)10-4-3-9(14(16)17-2)7-12(10)18-13/h3-7H,1-2H3. The SMILES string of the molecule is COC(=O)c1ccc2c(c1)oc1c(C)nccc12. The third-order valence-electron chi connectivity index (χ3n) is 2.99. The Bertz CT molecular complexity index is 758. The molecule has 0 saturated carbocycles. The third-order valence-corrected chi connectivity index (χ3v) is 2.99. The minimum absolute atomic E-state index is 0.368. The number of methoxy groups -OCH3 is 1. The fourth-order valence-electron chi connectivity index (χ4n) is 2.08. The van der Waals surface area contributed by atoms with E-state index in [0.29, 0.717) is 11.1 Å². The highest BCUT2D eigenvalue weighted by Crippen LogP contribution is 2.30. The van der Waals surface area contributed by atoms with Gasteiger partial charge in [0.1, 0.15) is 5.58 Å². The normalized spacial score (nSPS) is 11.0. The number of furan rings is 1. The van der Waals surface area contributed by atoms with Gasteiger partial charge < -0.3 is 9.15 Å². The molecule has 3 rings (SSSR count). The highest BCUT2D eigenvalue weighted by molar-refractivity contribution is 6.07. The van der Waals surface area contributed by atoms with E-state index in [1.165, 1.54) is 7.11 Å². The van der Waals surface area contributed by atoms with Crippen LogP contribution in [0.15, 0.2) is 34.9 Å². The van der Waals surface area contributed by atoms with Crippen LogP contribution in [-0.4, -0.2) is 18.1 Å². The van der Waals surface area contributed by atoms with Crippen molar-refractivity contribution in [3.05, 3.63) is 41.7 Å². The van der Waals surface area contributed by atoms with Crippen LogP contribution in [0.2, 0.25) is 0 Å². The van der Waals surface area contributed by atoms with Crippen LogP contribution in [0.25, 0.3) is 21.9 Å². The Kier molecular flexibility index (Phi) is 2.30. The molecule has 0 saturated heterocycles. The quantitative estimate of drug-likeness (QED) is 0.614. The van der Waals surface area contributed by atoms with Crippen molar-refractivity contribution in [2.24, 2.45) is 0 Å². The minimum Gasteiger partial charge on any atom is -0.465 e. The lowest BCUT2D eigenvalue weighted by Crippen LogP contribution is -1.99. The number of aryl methyl sites for hydroxylation is 1. The van der Waals surface area contributed by atoms with E-state index in [1.807, 2.05) is 19.1 Å². The largest absolute Gasteiger partial charge is 0.465 e. The first-order valence-corrected chi connectivity index (χ1v) is 5.57. The summed E-state index contributed by atoms with van der Waals surface area (Å²) < 4.78 is 10.4. The van der Waals surface area contributed by atoms with E-state index in [-0.39, 0.29) is 5.97 Å². The summed E-state index contributed by atoms with van der Waals surface area (Å²) in [5, 5.41) is 1.98. The van der Waals surface area contributed by atoms with Crippen molar-refractivity contribution in [1.29, 1.82) is 0 Å². The van der Waals surface area contributed by atoms with Crippen LogP contribution < -0.4 is 0 Å². The first kappa shape index (κ1) is 10.8. The fraction of sp³-hybridized carbons (Fsp3) is 0.143. The van der Waals surface area contributed by atoms with Crippen molar-refractivity contribution < 1.29 is 13.9 Å². The second kappa shape index (κ2) is 3.84. The van der Waals surface area contributed by atoms with E-state index in [2.05, 4.69) is 4.98 Å². The van der Waals surface area contributed by atoms with Gasteiger partial charge in [0.05, 0.1) is 18.4 Å². The molecule has 18 heavy (non-hydrogen) atoms. The smallest absolute Gasteiger partial charge is 0.337 e. The highest BCUT2D eigenvalue weighted by Gasteiger charge is 2.12. The molecule has 0 unspecified atom stereocenters. The molecule has 0 aliphatic carbocycles. The van der Waals surface area contributed by atoms with Gasteiger partial charge in [0.2, 0.25) is 0 Å². The second-order valence-corrected chi connectivity index (χ2v) is 4.08. The average molecular weight is 241 g/mol. The summed E-state index contributed by atoms with van der Waals surface area (Å²) in [7, 11) is 1.36. The first-order chi connectivity index (χ1) is 8.70. The number of rotatable bonds is 1. The van der Waals surface area contributed by atoms with Gasteiger partial charge in [0.15, 0.2) is 5.58 Å². The molecular weight excluding hydrogens is 230 g/mol. The molecule has 4 heteroatoms. The molecule has 3 aromatic rings. The molecule has 0 aliphatic heterocycles. The number of esters is 1. The van der Waals surface area contributed by atoms with Crippen LogP contribution in [0.3, 0.4) is 0 Å². The van der Waals surface area contributed by atoms with Crippen molar-refractivity contribution in [2.75, 3.05) is 7.11 Å². The molecule has 90 valence electrons. The van der Waals surface area contributed by atoms with Crippen LogP contribution in [-0.2, 0) is 4.74 Å². The van der Waals surface area contributed by atoms with Gasteiger partial charge in [-0.3, -0.25) is 4.98 Å². The molecule has 0 atom stereocenters. The molecule has 0 fully saturated rings. The summed E-state index contributed by atoms with van der Waals surface area (Å²) in [5.74, 6) is -0.368. The maximum absolute atomic E-state index is 11.5. The number of ether oxygens (including phenoxy) is 1. The summed E-state index contributed by atoms with van der Waals surface area (Å²) in [6.07, 6.45) is 1.75. The lowest BCUT2D eigenvalue weighted by atomic mass is 10.1.